The van der Waals surface area contributed by atoms with Crippen LogP contribution in [0.2, 0.25) is 0 Å². The number of unbranched alkanes of at least 4 members (excludes halogenated alkanes) is 7. The molecule has 0 bridgehead atoms. The van der Waals surface area contributed by atoms with Gasteiger partial charge in [0, 0.05) is 5.56 Å². The molecule has 0 aromatic heterocycles. The minimum atomic E-state index is 0.0205. The molecule has 0 unspecified atom stereocenters. The summed E-state index contributed by atoms with van der Waals surface area (Å²) in [6.45, 7) is 2.92. The molecule has 2 aromatic carbocycles. The number of para-hydroxylation sites is 1. The molecule has 0 saturated carbocycles. The third kappa shape index (κ3) is 6.74. The van der Waals surface area contributed by atoms with Gasteiger partial charge in [0.2, 0.25) is 0 Å². The fraction of sp³-hybridized carbons (Fsp3) is 0.435. The Hall–Kier alpha value is -2.09. The van der Waals surface area contributed by atoms with Gasteiger partial charge in [-0.1, -0.05) is 94.3 Å². The molecule has 2 heteroatoms. The molecular formula is C23H30O2. The predicted octanol–water partition coefficient (Wildman–Crippen LogP) is 6.44. The van der Waals surface area contributed by atoms with Gasteiger partial charge in [0.05, 0.1) is 12.2 Å². The first-order valence-electron chi connectivity index (χ1n) is 9.64. The van der Waals surface area contributed by atoms with Crippen molar-refractivity contribution in [1.82, 2.24) is 0 Å². The fourth-order valence-electron chi connectivity index (χ4n) is 2.94. The zero-order chi connectivity index (χ0) is 17.7. The first kappa shape index (κ1) is 19.2. The van der Waals surface area contributed by atoms with E-state index in [4.69, 9.17) is 4.74 Å². The second-order valence-corrected chi connectivity index (χ2v) is 6.51. The molecule has 0 saturated heterocycles. The number of carbonyl (C=O) groups is 1. The van der Waals surface area contributed by atoms with Gasteiger partial charge in [0.1, 0.15) is 5.75 Å². The maximum Gasteiger partial charge on any atom is 0.196 e. The molecule has 2 aromatic rings. The molecule has 25 heavy (non-hydrogen) atoms. The average molecular weight is 338 g/mol. The van der Waals surface area contributed by atoms with E-state index in [9.17, 15) is 4.79 Å². The van der Waals surface area contributed by atoms with E-state index in [-0.39, 0.29) is 5.78 Å². The highest BCUT2D eigenvalue weighted by atomic mass is 16.5. The minimum absolute atomic E-state index is 0.0205. The van der Waals surface area contributed by atoms with E-state index in [0.717, 1.165) is 6.42 Å². The number of ether oxygens (including phenoxy) is 1. The second kappa shape index (κ2) is 11.5. The lowest BCUT2D eigenvalue weighted by atomic mass is 10.0. The molecule has 2 nitrogen and oxygen atoms in total. The summed E-state index contributed by atoms with van der Waals surface area (Å²) >= 11 is 0. The maximum atomic E-state index is 12.6. The summed E-state index contributed by atoms with van der Waals surface area (Å²) in [5.41, 5.74) is 1.35. The van der Waals surface area contributed by atoms with Gasteiger partial charge >= 0.3 is 0 Å². The normalized spacial score (nSPS) is 10.6. The van der Waals surface area contributed by atoms with E-state index < -0.39 is 0 Å². The maximum absolute atomic E-state index is 12.6. The lowest BCUT2D eigenvalue weighted by Gasteiger charge is -2.11. The van der Waals surface area contributed by atoms with Crippen molar-refractivity contribution in [1.29, 1.82) is 0 Å². The molecule has 0 heterocycles. The second-order valence-electron chi connectivity index (χ2n) is 6.51. The zero-order valence-corrected chi connectivity index (χ0v) is 15.4. The zero-order valence-electron chi connectivity index (χ0n) is 15.4. The standard InChI is InChI=1S/C23H30O2/c1-2-3-4-5-6-7-8-14-19-25-22-18-13-12-17-21(22)23(24)20-15-10-9-11-16-20/h9-13,15-18H,2-8,14,19H2,1H3. The van der Waals surface area contributed by atoms with E-state index in [0.29, 0.717) is 23.5 Å². The lowest BCUT2D eigenvalue weighted by Crippen LogP contribution is -2.06. The van der Waals surface area contributed by atoms with Gasteiger partial charge in [-0.2, -0.15) is 0 Å². The molecule has 0 radical (unpaired) electrons. The minimum Gasteiger partial charge on any atom is -0.493 e. The Morgan fingerprint density at radius 3 is 2.08 bits per heavy atom. The van der Waals surface area contributed by atoms with Crippen LogP contribution in [-0.4, -0.2) is 12.4 Å². The average Bonchev–Trinajstić information content (AvgIpc) is 2.67. The summed E-state index contributed by atoms with van der Waals surface area (Å²) in [6, 6.07) is 16.9. The summed E-state index contributed by atoms with van der Waals surface area (Å²) in [5.74, 6) is 0.714. The van der Waals surface area contributed by atoms with E-state index in [2.05, 4.69) is 6.92 Å². The van der Waals surface area contributed by atoms with Gasteiger partial charge in [-0.05, 0) is 18.6 Å². The molecule has 134 valence electrons. The number of ketones is 1. The van der Waals surface area contributed by atoms with Gasteiger partial charge in [0.25, 0.3) is 0 Å². The van der Waals surface area contributed by atoms with Crippen LogP contribution in [-0.2, 0) is 0 Å². The van der Waals surface area contributed by atoms with Crippen LogP contribution in [0.5, 0.6) is 5.75 Å². The van der Waals surface area contributed by atoms with Crippen molar-refractivity contribution in [2.45, 2.75) is 58.3 Å². The van der Waals surface area contributed by atoms with Crippen LogP contribution >= 0.6 is 0 Å². The van der Waals surface area contributed by atoms with E-state index in [1.54, 1.807) is 0 Å². The molecule has 0 fully saturated rings. The molecule has 0 aliphatic heterocycles. The van der Waals surface area contributed by atoms with Crippen LogP contribution in [0.25, 0.3) is 0 Å². The van der Waals surface area contributed by atoms with Crippen molar-refractivity contribution < 1.29 is 9.53 Å². The van der Waals surface area contributed by atoms with Crippen LogP contribution in [0.4, 0.5) is 0 Å². The van der Waals surface area contributed by atoms with E-state index >= 15 is 0 Å². The monoisotopic (exact) mass is 338 g/mol. The highest BCUT2D eigenvalue weighted by molar-refractivity contribution is 6.10. The van der Waals surface area contributed by atoms with E-state index in [1.165, 1.54) is 44.9 Å². The summed E-state index contributed by atoms with van der Waals surface area (Å²) in [4.78, 5) is 12.6. The summed E-state index contributed by atoms with van der Waals surface area (Å²) in [5, 5.41) is 0. The summed E-state index contributed by atoms with van der Waals surface area (Å²) in [7, 11) is 0. The third-order valence-corrected chi connectivity index (χ3v) is 4.42. The quantitative estimate of drug-likeness (QED) is 0.329. The summed E-state index contributed by atoms with van der Waals surface area (Å²) in [6.07, 6.45) is 10.2. The number of hydrogen-bond donors (Lipinski definition) is 0. The van der Waals surface area contributed by atoms with Gasteiger partial charge < -0.3 is 4.74 Å². The van der Waals surface area contributed by atoms with Crippen molar-refractivity contribution in [2.24, 2.45) is 0 Å². The number of benzene rings is 2. The highest BCUT2D eigenvalue weighted by Crippen LogP contribution is 2.22. The number of rotatable bonds is 12. The molecule has 0 N–H and O–H groups in total. The molecule has 0 aliphatic rings. The number of hydrogen-bond acceptors (Lipinski definition) is 2. The first-order chi connectivity index (χ1) is 12.3. The van der Waals surface area contributed by atoms with Crippen LogP contribution in [0.1, 0.15) is 74.2 Å². The van der Waals surface area contributed by atoms with Gasteiger partial charge in [-0.25, -0.2) is 0 Å². The molecule has 0 atom stereocenters. The van der Waals surface area contributed by atoms with E-state index in [1.807, 2.05) is 54.6 Å². The van der Waals surface area contributed by atoms with Crippen molar-refractivity contribution >= 4 is 5.78 Å². The molecule has 0 spiro atoms. The van der Waals surface area contributed by atoms with Crippen LogP contribution < -0.4 is 4.74 Å². The molecule has 2 rings (SSSR count). The Morgan fingerprint density at radius 2 is 1.36 bits per heavy atom. The predicted molar refractivity (Wildman–Crippen MR) is 104 cm³/mol. The first-order valence-corrected chi connectivity index (χ1v) is 9.64. The largest absolute Gasteiger partial charge is 0.493 e. The molecule has 0 aliphatic carbocycles. The molecular weight excluding hydrogens is 308 g/mol. The molecule has 0 amide bonds. The van der Waals surface area contributed by atoms with Crippen molar-refractivity contribution in [3.05, 3.63) is 65.7 Å². The third-order valence-electron chi connectivity index (χ3n) is 4.42. The Balaban J connectivity index is 1.76. The Bertz CT molecular complexity index is 619. The van der Waals surface area contributed by atoms with Crippen molar-refractivity contribution in [3.63, 3.8) is 0 Å². The van der Waals surface area contributed by atoms with Gasteiger partial charge in [-0.3, -0.25) is 4.79 Å². The van der Waals surface area contributed by atoms with Gasteiger partial charge in [0.15, 0.2) is 5.78 Å². The SMILES string of the molecule is CCCCCCCCCCOc1ccccc1C(=O)c1ccccc1. The Kier molecular flexibility index (Phi) is 8.82. The Labute approximate surface area is 152 Å². The fourth-order valence-corrected chi connectivity index (χ4v) is 2.94. The van der Waals surface area contributed by atoms with Crippen molar-refractivity contribution in [3.8, 4) is 5.75 Å². The van der Waals surface area contributed by atoms with Gasteiger partial charge in [-0.15, -0.1) is 0 Å². The Morgan fingerprint density at radius 1 is 0.760 bits per heavy atom. The van der Waals surface area contributed by atoms with Crippen LogP contribution in [0.15, 0.2) is 54.6 Å². The highest BCUT2D eigenvalue weighted by Gasteiger charge is 2.13. The number of carbonyl (C=O) groups excluding carboxylic acids is 1. The lowest BCUT2D eigenvalue weighted by molar-refractivity contribution is 0.103. The summed E-state index contributed by atoms with van der Waals surface area (Å²) < 4.78 is 5.90. The van der Waals surface area contributed by atoms with Crippen LogP contribution in [0.3, 0.4) is 0 Å². The van der Waals surface area contributed by atoms with Crippen molar-refractivity contribution in [2.75, 3.05) is 6.61 Å². The topological polar surface area (TPSA) is 26.3 Å². The van der Waals surface area contributed by atoms with Crippen LogP contribution in [0, 0.1) is 0 Å². The smallest absolute Gasteiger partial charge is 0.196 e.